The van der Waals surface area contributed by atoms with Gasteiger partial charge in [0.15, 0.2) is 0 Å². The number of carboxylic acids is 2. The maximum atomic E-state index is 10.9. The van der Waals surface area contributed by atoms with Gasteiger partial charge in [0.05, 0.1) is 0 Å². The molecule has 7 nitrogen and oxygen atoms in total. The molecule has 0 rings (SSSR count). The Kier molecular flexibility index (Phi) is 5.23. The summed E-state index contributed by atoms with van der Waals surface area (Å²) in [4.78, 5) is 31.1. The fourth-order valence-electron chi connectivity index (χ4n) is 0.673. The molecule has 14 heavy (non-hydrogen) atoms. The number of nitrogens with two attached hydrogens (primary N) is 1. The lowest BCUT2D eigenvalue weighted by Gasteiger charge is -2.05. The third-order valence-electron chi connectivity index (χ3n) is 1.44. The number of amides is 1. The van der Waals surface area contributed by atoms with E-state index >= 15 is 0 Å². The zero-order valence-electron chi connectivity index (χ0n) is 7.40. The van der Waals surface area contributed by atoms with E-state index in [-0.39, 0.29) is 12.8 Å². The molecule has 80 valence electrons. The normalized spacial score (nSPS) is 11.8. The van der Waals surface area contributed by atoms with Crippen LogP contribution in [0.3, 0.4) is 0 Å². The molecule has 0 aromatic rings. The molecule has 0 bridgehead atoms. The third kappa shape index (κ3) is 5.95. The highest BCUT2D eigenvalue weighted by molar-refractivity contribution is 5.81. The van der Waals surface area contributed by atoms with Crippen LogP contribution in [0.4, 0.5) is 0 Å². The third-order valence-corrected chi connectivity index (χ3v) is 1.44. The van der Waals surface area contributed by atoms with E-state index in [0.29, 0.717) is 0 Å². The molecule has 0 spiro atoms. The lowest BCUT2D eigenvalue weighted by molar-refractivity contribution is -0.139. The summed E-state index contributed by atoms with van der Waals surface area (Å²) >= 11 is 0. The van der Waals surface area contributed by atoms with Crippen molar-refractivity contribution in [3.63, 3.8) is 0 Å². The van der Waals surface area contributed by atoms with Crippen LogP contribution in [0, 0.1) is 0 Å². The van der Waals surface area contributed by atoms with Gasteiger partial charge < -0.3 is 21.3 Å². The molecule has 7 heteroatoms. The summed E-state index contributed by atoms with van der Waals surface area (Å²) in [6, 6.07) is -1.09. The van der Waals surface area contributed by atoms with Crippen molar-refractivity contribution in [2.24, 2.45) is 5.73 Å². The van der Waals surface area contributed by atoms with Crippen molar-refractivity contribution >= 4 is 17.8 Å². The SMILES string of the molecule is N[C@@H](CCC(=O)NCC(=O)O)C(=O)O. The Morgan fingerprint density at radius 3 is 2.29 bits per heavy atom. The van der Waals surface area contributed by atoms with E-state index in [1.165, 1.54) is 0 Å². The van der Waals surface area contributed by atoms with Gasteiger partial charge in [0, 0.05) is 6.42 Å². The number of hydrogen-bond donors (Lipinski definition) is 4. The molecule has 1 amide bonds. The first-order valence-electron chi connectivity index (χ1n) is 3.90. The van der Waals surface area contributed by atoms with Crippen molar-refractivity contribution in [3.05, 3.63) is 0 Å². The van der Waals surface area contributed by atoms with Crippen LogP contribution < -0.4 is 11.1 Å². The quantitative estimate of drug-likeness (QED) is 0.411. The zero-order chi connectivity index (χ0) is 11.1. The number of carbonyl (C=O) groups is 3. The van der Waals surface area contributed by atoms with Crippen LogP contribution in [-0.4, -0.2) is 40.6 Å². The summed E-state index contributed by atoms with van der Waals surface area (Å²) in [5, 5.41) is 18.6. The molecule has 0 saturated carbocycles. The van der Waals surface area contributed by atoms with Gasteiger partial charge in [-0.2, -0.15) is 0 Å². The molecule has 0 unspecified atom stereocenters. The van der Waals surface area contributed by atoms with Gasteiger partial charge in [-0.3, -0.25) is 14.4 Å². The van der Waals surface area contributed by atoms with E-state index in [2.05, 4.69) is 5.32 Å². The molecular weight excluding hydrogens is 192 g/mol. The average Bonchev–Trinajstić information content (AvgIpc) is 2.10. The molecule has 5 N–H and O–H groups in total. The minimum Gasteiger partial charge on any atom is -0.480 e. The summed E-state index contributed by atoms with van der Waals surface area (Å²) in [5.74, 6) is -2.86. The van der Waals surface area contributed by atoms with E-state index in [1.807, 2.05) is 0 Å². The fourth-order valence-corrected chi connectivity index (χ4v) is 0.673. The highest BCUT2D eigenvalue weighted by Gasteiger charge is 2.13. The number of carboxylic acid groups (broad SMARTS) is 2. The molecule has 0 radical (unpaired) electrons. The molecule has 0 heterocycles. The Morgan fingerprint density at radius 2 is 1.86 bits per heavy atom. The predicted molar refractivity (Wildman–Crippen MR) is 45.5 cm³/mol. The van der Waals surface area contributed by atoms with Crippen LogP contribution in [-0.2, 0) is 14.4 Å². The zero-order valence-corrected chi connectivity index (χ0v) is 7.40. The first-order valence-corrected chi connectivity index (χ1v) is 3.90. The molecule has 0 saturated heterocycles. The van der Waals surface area contributed by atoms with Gasteiger partial charge in [-0.1, -0.05) is 0 Å². The lowest BCUT2D eigenvalue weighted by Crippen LogP contribution is -2.34. The Morgan fingerprint density at radius 1 is 1.29 bits per heavy atom. The Bertz CT molecular complexity index is 240. The summed E-state index contributed by atoms with van der Waals surface area (Å²) in [6.07, 6.45) is -0.110. The van der Waals surface area contributed by atoms with E-state index in [1.54, 1.807) is 0 Å². The van der Waals surface area contributed by atoms with Gasteiger partial charge in [-0.05, 0) is 6.42 Å². The second-order valence-corrected chi connectivity index (χ2v) is 2.65. The first-order chi connectivity index (χ1) is 6.43. The summed E-state index contributed by atoms with van der Waals surface area (Å²) < 4.78 is 0. The minimum atomic E-state index is -1.18. The maximum absolute atomic E-state index is 10.9. The van der Waals surface area contributed by atoms with Crippen molar-refractivity contribution < 1.29 is 24.6 Å². The smallest absolute Gasteiger partial charge is 0.322 e. The van der Waals surface area contributed by atoms with Crippen LogP contribution in [0.1, 0.15) is 12.8 Å². The number of carbonyl (C=O) groups excluding carboxylic acids is 1. The molecule has 0 aliphatic carbocycles. The van der Waals surface area contributed by atoms with Crippen molar-refractivity contribution in [1.29, 1.82) is 0 Å². The second kappa shape index (κ2) is 5.92. The first kappa shape index (κ1) is 12.4. The van der Waals surface area contributed by atoms with Gasteiger partial charge in [0.25, 0.3) is 0 Å². The maximum Gasteiger partial charge on any atom is 0.322 e. The van der Waals surface area contributed by atoms with Crippen molar-refractivity contribution in [2.45, 2.75) is 18.9 Å². The summed E-state index contributed by atoms with van der Waals surface area (Å²) in [6.45, 7) is -0.471. The summed E-state index contributed by atoms with van der Waals surface area (Å²) in [7, 11) is 0. The standard InChI is InChI=1S/C7H12N2O5/c8-4(7(13)14)1-2-5(10)9-3-6(11)12/h4H,1-3,8H2,(H,9,10)(H,11,12)(H,13,14)/t4-/m0/s1. The van der Waals surface area contributed by atoms with Gasteiger partial charge in [0.2, 0.25) is 5.91 Å². The van der Waals surface area contributed by atoms with Gasteiger partial charge >= 0.3 is 11.9 Å². The number of rotatable bonds is 6. The van der Waals surface area contributed by atoms with Crippen LogP contribution in [0.15, 0.2) is 0 Å². The molecule has 0 aromatic carbocycles. The van der Waals surface area contributed by atoms with Gasteiger partial charge in [-0.25, -0.2) is 0 Å². The molecule has 1 atom stereocenters. The van der Waals surface area contributed by atoms with E-state index in [9.17, 15) is 14.4 Å². The van der Waals surface area contributed by atoms with Crippen LogP contribution in [0.2, 0.25) is 0 Å². The van der Waals surface area contributed by atoms with Gasteiger partial charge in [-0.15, -0.1) is 0 Å². The number of aliphatic carboxylic acids is 2. The molecule has 0 aliphatic rings. The van der Waals surface area contributed by atoms with E-state index < -0.39 is 30.4 Å². The Hall–Kier alpha value is -1.63. The average molecular weight is 204 g/mol. The van der Waals surface area contributed by atoms with Gasteiger partial charge in [0.1, 0.15) is 12.6 Å². The molecule has 0 fully saturated rings. The second-order valence-electron chi connectivity index (χ2n) is 2.65. The lowest BCUT2D eigenvalue weighted by atomic mass is 10.1. The molecule has 0 aliphatic heterocycles. The largest absolute Gasteiger partial charge is 0.480 e. The van der Waals surface area contributed by atoms with Crippen molar-refractivity contribution in [2.75, 3.05) is 6.54 Å². The minimum absolute atomic E-state index is 0.0131. The monoisotopic (exact) mass is 204 g/mol. The van der Waals surface area contributed by atoms with Crippen molar-refractivity contribution in [1.82, 2.24) is 5.32 Å². The Labute approximate surface area is 79.9 Å². The molecule has 0 aromatic heterocycles. The van der Waals surface area contributed by atoms with Crippen LogP contribution in [0.5, 0.6) is 0 Å². The topological polar surface area (TPSA) is 130 Å². The molecular formula is C7H12N2O5. The predicted octanol–water partition coefficient (Wildman–Crippen LogP) is -1.62. The van der Waals surface area contributed by atoms with Crippen LogP contribution >= 0.6 is 0 Å². The number of hydrogen-bond acceptors (Lipinski definition) is 4. The summed E-state index contributed by atoms with van der Waals surface area (Å²) in [5.41, 5.74) is 5.12. The highest BCUT2D eigenvalue weighted by Crippen LogP contribution is 1.94. The van der Waals surface area contributed by atoms with Crippen molar-refractivity contribution in [3.8, 4) is 0 Å². The fraction of sp³-hybridized carbons (Fsp3) is 0.571. The van der Waals surface area contributed by atoms with E-state index in [0.717, 1.165) is 0 Å². The van der Waals surface area contributed by atoms with Crippen LogP contribution in [0.25, 0.3) is 0 Å². The number of nitrogens with one attached hydrogen (secondary N) is 1. The van der Waals surface area contributed by atoms with E-state index in [4.69, 9.17) is 15.9 Å². The Balaban J connectivity index is 3.64. The highest BCUT2D eigenvalue weighted by atomic mass is 16.4.